The number of benzene rings is 1. The smallest absolute Gasteiger partial charge is 0.322 e. The highest BCUT2D eigenvalue weighted by Crippen LogP contribution is 2.29. The zero-order valence-electron chi connectivity index (χ0n) is 16.0. The van der Waals surface area contributed by atoms with Gasteiger partial charge in [0.15, 0.2) is 11.4 Å². The number of carbonyl (C=O) groups excluding carboxylic acids is 1. The van der Waals surface area contributed by atoms with Crippen LogP contribution in [0.4, 0.5) is 10.6 Å². The summed E-state index contributed by atoms with van der Waals surface area (Å²) < 4.78 is 7.86. The van der Waals surface area contributed by atoms with Gasteiger partial charge in [0.25, 0.3) is 0 Å². The summed E-state index contributed by atoms with van der Waals surface area (Å²) >= 11 is 12.2. The van der Waals surface area contributed by atoms with Crippen LogP contribution in [0, 0.1) is 0 Å². The molecule has 1 aromatic carbocycles. The maximum Gasteiger partial charge on any atom is 0.322 e. The normalized spacial score (nSPS) is 10.9. The number of rotatable bonds is 6. The van der Waals surface area contributed by atoms with E-state index in [1.54, 1.807) is 24.1 Å². The summed E-state index contributed by atoms with van der Waals surface area (Å²) in [5.74, 6) is 1.33. The summed E-state index contributed by atoms with van der Waals surface area (Å²) in [7, 11) is 1.73. The molecule has 0 radical (unpaired) electrons. The number of carbonyl (C=O) groups is 1. The monoisotopic (exact) mass is 420 g/mol. The number of imidazole rings is 1. The lowest BCUT2D eigenvalue weighted by Crippen LogP contribution is -2.38. The number of halogens is 2. The third kappa shape index (κ3) is 4.03. The van der Waals surface area contributed by atoms with Gasteiger partial charge in [0.1, 0.15) is 12.4 Å². The summed E-state index contributed by atoms with van der Waals surface area (Å²) in [6.07, 6.45) is 2.55. The number of anilines is 1. The molecule has 0 saturated heterocycles. The quantitative estimate of drug-likeness (QED) is 0.613. The van der Waals surface area contributed by atoms with Gasteiger partial charge in [-0.15, -0.1) is 0 Å². The molecule has 3 aromatic rings. The fourth-order valence-electron chi connectivity index (χ4n) is 2.94. The molecule has 148 valence electrons. The van der Waals surface area contributed by atoms with Gasteiger partial charge in [0, 0.05) is 35.4 Å². The topological polar surface area (TPSA) is 58.9 Å². The van der Waals surface area contributed by atoms with Crippen molar-refractivity contribution >= 4 is 40.7 Å². The van der Waals surface area contributed by atoms with Crippen LogP contribution >= 0.6 is 23.2 Å². The van der Waals surface area contributed by atoms with Gasteiger partial charge in [-0.3, -0.25) is 9.30 Å². The Balaban J connectivity index is 1.95. The first-order valence-corrected chi connectivity index (χ1v) is 9.80. The van der Waals surface area contributed by atoms with Gasteiger partial charge < -0.3 is 10.1 Å². The van der Waals surface area contributed by atoms with Crippen LogP contribution in [0.1, 0.15) is 25.1 Å². The molecule has 0 aliphatic heterocycles. The number of aryl methyl sites for hydroxylation is 1. The van der Waals surface area contributed by atoms with Gasteiger partial charge in [-0.25, -0.2) is 9.78 Å². The van der Waals surface area contributed by atoms with Crippen LogP contribution in [-0.2, 0) is 13.0 Å². The second-order valence-corrected chi connectivity index (χ2v) is 7.06. The van der Waals surface area contributed by atoms with Gasteiger partial charge in [-0.05, 0) is 37.6 Å². The van der Waals surface area contributed by atoms with E-state index in [4.69, 9.17) is 32.9 Å². The van der Waals surface area contributed by atoms with Crippen LogP contribution in [0.5, 0.6) is 5.75 Å². The van der Waals surface area contributed by atoms with E-state index in [9.17, 15) is 4.79 Å². The predicted molar refractivity (Wildman–Crippen MR) is 113 cm³/mol. The van der Waals surface area contributed by atoms with Crippen molar-refractivity contribution < 1.29 is 9.53 Å². The maximum absolute atomic E-state index is 12.3. The van der Waals surface area contributed by atoms with Crippen LogP contribution in [0.2, 0.25) is 10.0 Å². The van der Waals surface area contributed by atoms with Crippen molar-refractivity contribution in [2.45, 2.75) is 26.9 Å². The Morgan fingerprint density at radius 1 is 1.29 bits per heavy atom. The van der Waals surface area contributed by atoms with Crippen LogP contribution < -0.4 is 15.0 Å². The van der Waals surface area contributed by atoms with Crippen molar-refractivity contribution in [1.29, 1.82) is 0 Å². The highest BCUT2D eigenvalue weighted by Gasteiger charge is 2.21. The van der Waals surface area contributed by atoms with Crippen LogP contribution in [0.25, 0.3) is 5.65 Å². The Morgan fingerprint density at radius 2 is 2.07 bits per heavy atom. The number of hydrogen-bond donors (Lipinski definition) is 1. The van der Waals surface area contributed by atoms with E-state index in [-0.39, 0.29) is 12.6 Å². The molecule has 8 heteroatoms. The molecule has 0 unspecified atom stereocenters. The highest BCUT2D eigenvalue weighted by atomic mass is 35.5. The molecule has 3 rings (SSSR count). The summed E-state index contributed by atoms with van der Waals surface area (Å²) in [5.41, 5.74) is 2.29. The Labute approximate surface area is 174 Å². The van der Waals surface area contributed by atoms with E-state index in [1.165, 1.54) is 0 Å². The minimum absolute atomic E-state index is 0.182. The molecule has 2 amide bonds. The average molecular weight is 421 g/mol. The van der Waals surface area contributed by atoms with Gasteiger partial charge in [0.05, 0.1) is 5.69 Å². The number of hydrogen-bond acceptors (Lipinski definition) is 3. The first-order chi connectivity index (χ1) is 13.5. The van der Waals surface area contributed by atoms with Crippen molar-refractivity contribution in [3.05, 3.63) is 57.8 Å². The molecule has 2 aromatic heterocycles. The molecule has 0 bridgehead atoms. The lowest BCUT2D eigenvalue weighted by atomic mass is 10.2. The number of amides is 2. The molecule has 0 aliphatic carbocycles. The van der Waals surface area contributed by atoms with Crippen LogP contribution in [0.3, 0.4) is 0 Å². The zero-order valence-corrected chi connectivity index (χ0v) is 17.5. The van der Waals surface area contributed by atoms with Crippen LogP contribution in [0.15, 0.2) is 36.5 Å². The number of nitrogens with one attached hydrogen (secondary N) is 1. The van der Waals surface area contributed by atoms with Crippen molar-refractivity contribution in [3.63, 3.8) is 0 Å². The van der Waals surface area contributed by atoms with Gasteiger partial charge in [-0.1, -0.05) is 36.2 Å². The molecular formula is C20H22Cl2N4O2. The second kappa shape index (κ2) is 8.71. The van der Waals surface area contributed by atoms with Gasteiger partial charge in [-0.2, -0.15) is 0 Å². The summed E-state index contributed by atoms with van der Waals surface area (Å²) in [6.45, 7) is 4.72. The van der Waals surface area contributed by atoms with E-state index in [1.807, 2.05) is 42.6 Å². The van der Waals surface area contributed by atoms with Crippen molar-refractivity contribution in [2.75, 3.05) is 18.5 Å². The minimum Gasteiger partial charge on any atom is -0.485 e. The van der Waals surface area contributed by atoms with Crippen molar-refractivity contribution in [3.8, 4) is 5.75 Å². The third-order valence-corrected chi connectivity index (χ3v) is 4.93. The van der Waals surface area contributed by atoms with E-state index in [0.29, 0.717) is 34.4 Å². The summed E-state index contributed by atoms with van der Waals surface area (Å²) in [4.78, 5) is 18.6. The second-order valence-electron chi connectivity index (χ2n) is 6.22. The van der Waals surface area contributed by atoms with E-state index < -0.39 is 0 Å². The van der Waals surface area contributed by atoms with Gasteiger partial charge in [0.2, 0.25) is 0 Å². The molecule has 0 fully saturated rings. The number of nitrogens with zero attached hydrogens (tertiary/aromatic N) is 3. The van der Waals surface area contributed by atoms with Crippen molar-refractivity contribution in [1.82, 2.24) is 14.7 Å². The van der Waals surface area contributed by atoms with Crippen LogP contribution in [-0.4, -0.2) is 29.0 Å². The molecule has 1 N–H and O–H groups in total. The van der Waals surface area contributed by atoms with E-state index in [2.05, 4.69) is 5.32 Å². The maximum atomic E-state index is 12.3. The highest BCUT2D eigenvalue weighted by molar-refractivity contribution is 6.35. The first-order valence-electron chi connectivity index (χ1n) is 9.04. The molecule has 6 nitrogen and oxygen atoms in total. The Hall–Kier alpha value is -2.44. The Kier molecular flexibility index (Phi) is 6.31. The molecule has 0 saturated carbocycles. The summed E-state index contributed by atoms with van der Waals surface area (Å²) in [5, 5.41) is 3.94. The molecule has 0 atom stereocenters. The molecule has 28 heavy (non-hydrogen) atoms. The fourth-order valence-corrected chi connectivity index (χ4v) is 3.41. The molecule has 2 heterocycles. The minimum atomic E-state index is -0.182. The van der Waals surface area contributed by atoms with E-state index >= 15 is 0 Å². The third-order valence-electron chi connectivity index (χ3n) is 4.34. The lowest BCUT2D eigenvalue weighted by molar-refractivity contribution is 0.248. The number of fused-ring (bicyclic) bond motifs is 1. The SMILES string of the molecule is CCNC(=O)N(C)c1c(CC)nc2c(OCc3ccc(Cl)cc3Cl)cccn12. The molecule has 0 spiro atoms. The van der Waals surface area contributed by atoms with Crippen molar-refractivity contribution in [2.24, 2.45) is 0 Å². The predicted octanol–water partition coefficient (Wildman–Crippen LogP) is 4.95. The summed E-state index contributed by atoms with van der Waals surface area (Å²) in [6, 6.07) is 8.83. The Bertz CT molecular complexity index is 1000. The standard InChI is InChI=1S/C20H22Cl2N4O2/c1-4-16-19(25(3)20(27)23-5-2)26-10-6-7-17(18(26)24-16)28-12-13-8-9-14(21)11-15(13)22/h6-11H,4-5,12H2,1-3H3,(H,23,27). The number of aromatic nitrogens is 2. The lowest BCUT2D eigenvalue weighted by Gasteiger charge is -2.18. The largest absolute Gasteiger partial charge is 0.485 e. The first kappa shape index (κ1) is 20.3. The number of urea groups is 1. The number of pyridine rings is 1. The number of ether oxygens (including phenoxy) is 1. The van der Waals surface area contributed by atoms with E-state index in [0.717, 1.165) is 17.1 Å². The Morgan fingerprint density at radius 3 is 2.75 bits per heavy atom. The average Bonchev–Trinajstić information content (AvgIpc) is 3.06. The molecular weight excluding hydrogens is 399 g/mol. The van der Waals surface area contributed by atoms with Gasteiger partial charge >= 0.3 is 6.03 Å². The zero-order chi connectivity index (χ0) is 20.3. The molecule has 0 aliphatic rings. The fraction of sp³-hybridized carbons (Fsp3) is 0.300.